The molecule has 164 valence electrons. The van der Waals surface area contributed by atoms with Crippen molar-refractivity contribution in [1.29, 1.82) is 0 Å². The molecule has 3 aromatic carbocycles. The summed E-state index contributed by atoms with van der Waals surface area (Å²) in [5.74, 6) is -0.592. The van der Waals surface area contributed by atoms with Gasteiger partial charge in [-0.1, -0.05) is 42.5 Å². The lowest BCUT2D eigenvalue weighted by Gasteiger charge is -2.13. The van der Waals surface area contributed by atoms with Crippen molar-refractivity contribution in [3.05, 3.63) is 83.4 Å². The Balaban J connectivity index is 1.48. The number of carbonyl (C=O) groups is 2. The number of hydrogen-bond acceptors (Lipinski definition) is 5. The highest BCUT2D eigenvalue weighted by atomic mass is 16.3. The zero-order valence-electron chi connectivity index (χ0n) is 17.5. The summed E-state index contributed by atoms with van der Waals surface area (Å²) in [5, 5.41) is 17.0. The van der Waals surface area contributed by atoms with Crippen LogP contribution >= 0.6 is 0 Å². The van der Waals surface area contributed by atoms with Gasteiger partial charge < -0.3 is 21.1 Å². The van der Waals surface area contributed by atoms with E-state index in [1.165, 1.54) is 0 Å². The minimum absolute atomic E-state index is 0.150. The molecule has 6 N–H and O–H groups in total. The number of carbonyl (C=O) groups excluding carboxylic acids is 2. The average molecular weight is 439 g/mol. The van der Waals surface area contributed by atoms with Gasteiger partial charge in [-0.05, 0) is 41.8 Å². The molecule has 4 aromatic rings. The topological polar surface area (TPSA) is 133 Å². The molecule has 0 aliphatic carbocycles. The van der Waals surface area contributed by atoms with Gasteiger partial charge in [-0.3, -0.25) is 9.59 Å². The highest BCUT2D eigenvalue weighted by molar-refractivity contribution is 6.18. The van der Waals surface area contributed by atoms with Crippen LogP contribution in [0, 0.1) is 0 Å². The number of rotatable bonds is 5. The maximum absolute atomic E-state index is 12.8. The molecule has 0 saturated carbocycles. The van der Waals surface area contributed by atoms with Gasteiger partial charge >= 0.3 is 0 Å². The number of hydrazone groups is 1. The molecule has 8 nitrogen and oxygen atoms in total. The number of anilines is 1. The molecule has 2 amide bonds. The molecule has 1 aliphatic heterocycles. The summed E-state index contributed by atoms with van der Waals surface area (Å²) < 4.78 is 0. The monoisotopic (exact) mass is 439 g/mol. The Morgan fingerprint density at radius 2 is 1.85 bits per heavy atom. The highest BCUT2D eigenvalue weighted by Gasteiger charge is 2.23. The molecule has 1 aliphatic rings. The van der Waals surface area contributed by atoms with Crippen LogP contribution < -0.4 is 16.5 Å². The molecule has 1 aromatic heterocycles. The Morgan fingerprint density at radius 1 is 1.09 bits per heavy atom. The van der Waals surface area contributed by atoms with Gasteiger partial charge in [0.1, 0.15) is 5.75 Å². The van der Waals surface area contributed by atoms with Crippen LogP contribution in [0.4, 0.5) is 5.69 Å². The minimum atomic E-state index is -0.805. The van der Waals surface area contributed by atoms with E-state index in [0.717, 1.165) is 27.8 Å². The van der Waals surface area contributed by atoms with Crippen molar-refractivity contribution < 1.29 is 14.7 Å². The Labute approximate surface area is 189 Å². The molecule has 2 heterocycles. The number of phenols is 1. The van der Waals surface area contributed by atoms with Crippen molar-refractivity contribution >= 4 is 34.6 Å². The summed E-state index contributed by atoms with van der Waals surface area (Å²) in [4.78, 5) is 28.8. The first kappa shape index (κ1) is 20.5. The molecule has 0 bridgehead atoms. The fourth-order valence-electron chi connectivity index (χ4n) is 4.00. The predicted octanol–water partition coefficient (Wildman–Crippen LogP) is 3.13. The molecule has 0 spiro atoms. The first-order valence-electron chi connectivity index (χ1n) is 10.4. The molecular weight excluding hydrogens is 418 g/mol. The van der Waals surface area contributed by atoms with Gasteiger partial charge in [0, 0.05) is 22.2 Å². The fourth-order valence-corrected chi connectivity index (χ4v) is 4.00. The normalized spacial score (nSPS) is 13.4. The lowest BCUT2D eigenvalue weighted by molar-refractivity contribution is -0.117. The van der Waals surface area contributed by atoms with Gasteiger partial charge in [-0.15, -0.1) is 0 Å². The molecule has 0 saturated heterocycles. The van der Waals surface area contributed by atoms with Gasteiger partial charge in [0.25, 0.3) is 5.91 Å². The molecule has 1 atom stereocenters. The second-order valence-electron chi connectivity index (χ2n) is 7.89. The first-order chi connectivity index (χ1) is 16.0. The predicted molar refractivity (Wildman–Crippen MR) is 127 cm³/mol. The van der Waals surface area contributed by atoms with E-state index in [0.29, 0.717) is 23.2 Å². The molecule has 0 unspecified atom stereocenters. The van der Waals surface area contributed by atoms with Gasteiger partial charge in [0.05, 0.1) is 23.5 Å². The van der Waals surface area contributed by atoms with E-state index in [4.69, 9.17) is 5.73 Å². The third-order valence-electron chi connectivity index (χ3n) is 5.60. The molecule has 8 heteroatoms. The smallest absolute Gasteiger partial charge is 0.272 e. The SMILES string of the molecule is N[C@H](Cc1ccc(O)cc1)C(=O)Nc1cc2c3c(c(-c4ccccc4)[nH]c3c1)C=NNC2=O. The minimum Gasteiger partial charge on any atom is -0.508 e. The molecule has 5 rings (SSSR count). The van der Waals surface area contributed by atoms with Crippen LogP contribution in [0.25, 0.3) is 22.2 Å². The second kappa shape index (κ2) is 8.25. The van der Waals surface area contributed by atoms with Crippen molar-refractivity contribution in [3.63, 3.8) is 0 Å². The lowest BCUT2D eigenvalue weighted by Crippen LogP contribution is -2.37. The molecule has 33 heavy (non-hydrogen) atoms. The number of amides is 2. The number of phenolic OH excluding ortho intramolecular Hbond substituents is 1. The van der Waals surface area contributed by atoms with Crippen molar-refractivity contribution in [1.82, 2.24) is 10.4 Å². The van der Waals surface area contributed by atoms with Crippen LogP contribution in [-0.4, -0.2) is 34.2 Å². The average Bonchev–Trinajstić information content (AvgIpc) is 3.09. The van der Waals surface area contributed by atoms with Crippen LogP contribution in [0.3, 0.4) is 0 Å². The number of nitrogens with zero attached hydrogens (tertiary/aromatic N) is 1. The van der Waals surface area contributed by atoms with E-state index in [1.807, 2.05) is 30.3 Å². The summed E-state index contributed by atoms with van der Waals surface area (Å²) in [7, 11) is 0. The van der Waals surface area contributed by atoms with E-state index >= 15 is 0 Å². The van der Waals surface area contributed by atoms with E-state index in [2.05, 4.69) is 20.8 Å². The summed E-state index contributed by atoms with van der Waals surface area (Å²) in [6.45, 7) is 0. The number of benzene rings is 3. The quantitative estimate of drug-likeness (QED) is 0.327. The highest BCUT2D eigenvalue weighted by Crippen LogP contribution is 2.34. The summed E-state index contributed by atoms with van der Waals surface area (Å²) in [6, 6.07) is 18.9. The van der Waals surface area contributed by atoms with E-state index in [1.54, 1.807) is 42.6 Å². The lowest BCUT2D eigenvalue weighted by atomic mass is 10.0. The van der Waals surface area contributed by atoms with Gasteiger partial charge in [-0.25, -0.2) is 5.43 Å². The van der Waals surface area contributed by atoms with E-state index in [-0.39, 0.29) is 17.6 Å². The molecular formula is C25H21N5O3. The zero-order valence-corrected chi connectivity index (χ0v) is 17.5. The maximum atomic E-state index is 12.8. The Morgan fingerprint density at radius 3 is 2.61 bits per heavy atom. The number of aromatic amines is 1. The number of aromatic hydroxyl groups is 1. The van der Waals surface area contributed by atoms with Gasteiger partial charge in [-0.2, -0.15) is 5.10 Å². The Kier molecular flexibility index (Phi) is 5.12. The van der Waals surface area contributed by atoms with Gasteiger partial charge in [0.15, 0.2) is 0 Å². The van der Waals surface area contributed by atoms with Gasteiger partial charge in [0.2, 0.25) is 5.91 Å². The van der Waals surface area contributed by atoms with E-state index < -0.39 is 6.04 Å². The maximum Gasteiger partial charge on any atom is 0.272 e. The van der Waals surface area contributed by atoms with Crippen LogP contribution in [0.1, 0.15) is 21.5 Å². The standard InChI is InChI=1S/C25H21N5O3/c26-20(10-14-6-8-17(31)9-7-14)25(33)28-16-11-18-22-19(13-27-30-24(18)32)23(29-21(22)12-16)15-4-2-1-3-5-15/h1-9,11-13,20,29,31H,10,26H2,(H,28,33)(H,30,32)/t20-/m1/s1. The summed E-state index contributed by atoms with van der Waals surface area (Å²) in [6.07, 6.45) is 1.93. The number of hydrogen-bond donors (Lipinski definition) is 5. The van der Waals surface area contributed by atoms with E-state index in [9.17, 15) is 14.7 Å². The van der Waals surface area contributed by atoms with Crippen LogP contribution in [-0.2, 0) is 11.2 Å². The Bertz CT molecular complexity index is 1390. The van der Waals surface area contributed by atoms with Crippen molar-refractivity contribution in [2.24, 2.45) is 10.8 Å². The van der Waals surface area contributed by atoms with Crippen LogP contribution in [0.5, 0.6) is 5.75 Å². The van der Waals surface area contributed by atoms with Crippen molar-refractivity contribution in [2.75, 3.05) is 5.32 Å². The third-order valence-corrected chi connectivity index (χ3v) is 5.60. The number of H-pyrrole nitrogens is 1. The summed E-state index contributed by atoms with van der Waals surface area (Å²) in [5.41, 5.74) is 13.6. The van der Waals surface area contributed by atoms with Crippen molar-refractivity contribution in [3.8, 4) is 17.0 Å². The second-order valence-corrected chi connectivity index (χ2v) is 7.89. The third kappa shape index (κ3) is 3.95. The fraction of sp³-hybridized carbons (Fsp3) is 0.0800. The van der Waals surface area contributed by atoms with Crippen LogP contribution in [0.2, 0.25) is 0 Å². The molecule has 0 radical (unpaired) electrons. The largest absolute Gasteiger partial charge is 0.508 e. The number of aromatic nitrogens is 1. The Hall–Kier alpha value is -4.43. The number of nitrogens with two attached hydrogens (primary N) is 1. The first-order valence-corrected chi connectivity index (χ1v) is 10.4. The number of nitrogens with one attached hydrogen (secondary N) is 3. The van der Waals surface area contributed by atoms with Crippen LogP contribution in [0.15, 0.2) is 71.8 Å². The molecule has 0 fully saturated rings. The van der Waals surface area contributed by atoms with Crippen molar-refractivity contribution in [2.45, 2.75) is 12.5 Å². The zero-order chi connectivity index (χ0) is 22.9. The summed E-state index contributed by atoms with van der Waals surface area (Å²) >= 11 is 0.